The number of Topliss-reactive ketones (excluding diaryl/α,β-unsaturated/α-hetero) is 1. The summed E-state index contributed by atoms with van der Waals surface area (Å²) in [5.74, 6) is 0.585. The van der Waals surface area contributed by atoms with E-state index in [-0.39, 0.29) is 17.0 Å². The summed E-state index contributed by atoms with van der Waals surface area (Å²) in [6.07, 6.45) is 0.227. The standard InChI is InChI=1S/C12H12BrNO2/c1-8(13)12(15)11-7-10(16-2)4-3-9(11)5-6-14/h3-4,7-8H,5H2,1-2H3. The molecule has 0 aliphatic heterocycles. The molecule has 4 heteroatoms. The minimum absolute atomic E-state index is 0.0378. The van der Waals surface area contributed by atoms with E-state index in [0.29, 0.717) is 11.3 Å². The van der Waals surface area contributed by atoms with Gasteiger partial charge in [-0.15, -0.1) is 0 Å². The molecular formula is C12H12BrNO2. The van der Waals surface area contributed by atoms with Crippen LogP contribution < -0.4 is 4.74 Å². The maximum Gasteiger partial charge on any atom is 0.176 e. The minimum atomic E-state index is -0.267. The monoisotopic (exact) mass is 281 g/mol. The second-order valence-corrected chi connectivity index (χ2v) is 4.71. The molecule has 3 nitrogen and oxygen atoms in total. The van der Waals surface area contributed by atoms with Gasteiger partial charge >= 0.3 is 0 Å². The van der Waals surface area contributed by atoms with Crippen molar-refractivity contribution in [3.63, 3.8) is 0 Å². The fourth-order valence-electron chi connectivity index (χ4n) is 1.37. The molecule has 0 amide bonds. The van der Waals surface area contributed by atoms with Crippen molar-refractivity contribution < 1.29 is 9.53 Å². The first-order chi connectivity index (χ1) is 7.60. The number of ether oxygens (including phenoxy) is 1. The van der Waals surface area contributed by atoms with Gasteiger partial charge in [0.15, 0.2) is 5.78 Å². The van der Waals surface area contributed by atoms with Crippen LogP contribution in [0.5, 0.6) is 5.75 Å². The average molecular weight is 282 g/mol. The number of hydrogen-bond donors (Lipinski definition) is 0. The van der Waals surface area contributed by atoms with Crippen LogP contribution in [0.2, 0.25) is 0 Å². The van der Waals surface area contributed by atoms with E-state index in [1.54, 1.807) is 32.2 Å². The quantitative estimate of drug-likeness (QED) is 0.630. The molecule has 1 atom stereocenters. The van der Waals surface area contributed by atoms with Gasteiger partial charge in [-0.2, -0.15) is 5.26 Å². The zero-order valence-electron chi connectivity index (χ0n) is 9.16. The molecule has 0 spiro atoms. The predicted octanol–water partition coefficient (Wildman–Crippen LogP) is 2.73. The van der Waals surface area contributed by atoms with Gasteiger partial charge in [-0.1, -0.05) is 22.0 Å². The van der Waals surface area contributed by atoms with Gasteiger partial charge in [-0.3, -0.25) is 4.79 Å². The molecule has 0 N–H and O–H groups in total. The average Bonchev–Trinajstić information content (AvgIpc) is 2.29. The minimum Gasteiger partial charge on any atom is -0.497 e. The lowest BCUT2D eigenvalue weighted by Gasteiger charge is -2.09. The molecule has 1 rings (SSSR count). The van der Waals surface area contributed by atoms with Crippen LogP contribution in [-0.4, -0.2) is 17.7 Å². The Kier molecular flexibility index (Phi) is 4.51. The van der Waals surface area contributed by atoms with Crippen LogP contribution in [0.3, 0.4) is 0 Å². The zero-order valence-corrected chi connectivity index (χ0v) is 10.7. The number of methoxy groups -OCH3 is 1. The van der Waals surface area contributed by atoms with Crippen LogP contribution in [0.4, 0.5) is 0 Å². The van der Waals surface area contributed by atoms with E-state index in [1.807, 2.05) is 6.07 Å². The van der Waals surface area contributed by atoms with Crippen molar-refractivity contribution in [1.82, 2.24) is 0 Å². The van der Waals surface area contributed by atoms with Crippen LogP contribution in [0, 0.1) is 11.3 Å². The topological polar surface area (TPSA) is 50.1 Å². The Morgan fingerprint density at radius 3 is 2.81 bits per heavy atom. The number of alkyl halides is 1. The van der Waals surface area contributed by atoms with Crippen molar-refractivity contribution in [2.24, 2.45) is 0 Å². The summed E-state index contributed by atoms with van der Waals surface area (Å²) < 4.78 is 5.07. The molecule has 0 radical (unpaired) electrons. The van der Waals surface area contributed by atoms with Gasteiger partial charge in [0.1, 0.15) is 5.75 Å². The van der Waals surface area contributed by atoms with Crippen LogP contribution in [0.25, 0.3) is 0 Å². The van der Waals surface area contributed by atoms with Crippen LogP contribution in [-0.2, 0) is 6.42 Å². The normalized spacial score (nSPS) is 11.6. The van der Waals surface area contributed by atoms with Crippen molar-refractivity contribution in [1.29, 1.82) is 5.26 Å². The highest BCUT2D eigenvalue weighted by molar-refractivity contribution is 9.10. The summed E-state index contributed by atoms with van der Waals surface area (Å²) >= 11 is 3.23. The zero-order chi connectivity index (χ0) is 12.1. The molecule has 1 unspecified atom stereocenters. The largest absolute Gasteiger partial charge is 0.497 e. The van der Waals surface area contributed by atoms with Crippen LogP contribution in [0.15, 0.2) is 18.2 Å². The van der Waals surface area contributed by atoms with E-state index in [2.05, 4.69) is 15.9 Å². The van der Waals surface area contributed by atoms with Gasteiger partial charge in [0, 0.05) is 5.56 Å². The number of carbonyl (C=O) groups excluding carboxylic acids is 1. The maximum atomic E-state index is 11.9. The molecule has 0 fully saturated rings. The van der Waals surface area contributed by atoms with E-state index in [1.165, 1.54) is 0 Å². The molecule has 0 bridgehead atoms. The Morgan fingerprint density at radius 2 is 2.31 bits per heavy atom. The summed E-state index contributed by atoms with van der Waals surface area (Å²) in [5, 5.41) is 8.69. The smallest absolute Gasteiger partial charge is 0.176 e. The third-order valence-corrected chi connectivity index (χ3v) is 2.63. The molecule has 0 aromatic heterocycles. The van der Waals surface area contributed by atoms with Crippen molar-refractivity contribution in [2.75, 3.05) is 7.11 Å². The van der Waals surface area contributed by atoms with Gasteiger partial charge in [0.2, 0.25) is 0 Å². The van der Waals surface area contributed by atoms with E-state index < -0.39 is 0 Å². The number of carbonyl (C=O) groups is 1. The Balaban J connectivity index is 3.20. The SMILES string of the molecule is COc1ccc(CC#N)c(C(=O)C(C)Br)c1. The van der Waals surface area contributed by atoms with E-state index in [0.717, 1.165) is 5.56 Å². The molecule has 0 heterocycles. The lowest BCUT2D eigenvalue weighted by molar-refractivity contribution is 0.0995. The molecule has 1 aromatic carbocycles. The molecule has 0 saturated carbocycles. The Labute approximate surface area is 103 Å². The highest BCUT2D eigenvalue weighted by atomic mass is 79.9. The number of ketones is 1. The third kappa shape index (κ3) is 2.83. The molecule has 16 heavy (non-hydrogen) atoms. The van der Waals surface area contributed by atoms with E-state index >= 15 is 0 Å². The Morgan fingerprint density at radius 1 is 1.62 bits per heavy atom. The molecule has 0 aliphatic carbocycles. The van der Waals surface area contributed by atoms with Gasteiger partial charge < -0.3 is 4.74 Å². The predicted molar refractivity (Wildman–Crippen MR) is 65.0 cm³/mol. The summed E-state index contributed by atoms with van der Waals surface area (Å²) in [4.78, 5) is 11.6. The maximum absolute atomic E-state index is 11.9. The van der Waals surface area contributed by atoms with Crippen molar-refractivity contribution in [3.05, 3.63) is 29.3 Å². The highest BCUT2D eigenvalue weighted by Gasteiger charge is 2.16. The van der Waals surface area contributed by atoms with Crippen molar-refractivity contribution in [3.8, 4) is 11.8 Å². The Bertz CT molecular complexity index is 435. The second kappa shape index (κ2) is 5.66. The molecule has 84 valence electrons. The highest BCUT2D eigenvalue weighted by Crippen LogP contribution is 2.21. The molecule has 0 saturated heterocycles. The van der Waals surface area contributed by atoms with Gasteiger partial charge in [0.25, 0.3) is 0 Å². The van der Waals surface area contributed by atoms with Gasteiger partial charge in [0.05, 0.1) is 24.4 Å². The number of benzene rings is 1. The summed E-state index contributed by atoms with van der Waals surface area (Å²) in [5.41, 5.74) is 1.28. The first-order valence-electron chi connectivity index (χ1n) is 4.82. The van der Waals surface area contributed by atoms with Gasteiger partial charge in [-0.25, -0.2) is 0 Å². The number of nitrogens with zero attached hydrogens (tertiary/aromatic N) is 1. The third-order valence-electron chi connectivity index (χ3n) is 2.21. The van der Waals surface area contributed by atoms with Gasteiger partial charge in [-0.05, 0) is 24.6 Å². The number of rotatable bonds is 4. The molecule has 0 aliphatic rings. The molecule has 1 aromatic rings. The van der Waals surface area contributed by atoms with Crippen LogP contribution in [0.1, 0.15) is 22.8 Å². The number of halogens is 1. The number of nitriles is 1. The second-order valence-electron chi connectivity index (χ2n) is 3.34. The summed E-state index contributed by atoms with van der Waals surface area (Å²) in [6, 6.07) is 7.23. The first-order valence-corrected chi connectivity index (χ1v) is 5.74. The van der Waals surface area contributed by atoms with Crippen molar-refractivity contribution >= 4 is 21.7 Å². The number of hydrogen-bond acceptors (Lipinski definition) is 3. The summed E-state index contributed by atoms with van der Waals surface area (Å²) in [7, 11) is 1.55. The van der Waals surface area contributed by atoms with E-state index in [9.17, 15) is 4.79 Å². The van der Waals surface area contributed by atoms with Crippen LogP contribution >= 0.6 is 15.9 Å². The Hall–Kier alpha value is -1.34. The fraction of sp³-hybridized carbons (Fsp3) is 0.333. The fourth-order valence-corrected chi connectivity index (χ4v) is 1.61. The van der Waals surface area contributed by atoms with E-state index in [4.69, 9.17) is 10.00 Å². The first kappa shape index (κ1) is 12.7. The van der Waals surface area contributed by atoms with Crippen molar-refractivity contribution in [2.45, 2.75) is 18.2 Å². The molecular weight excluding hydrogens is 270 g/mol. The lowest BCUT2D eigenvalue weighted by atomic mass is 10.00. The lowest BCUT2D eigenvalue weighted by Crippen LogP contribution is -2.12. The summed E-state index contributed by atoms with van der Waals surface area (Å²) in [6.45, 7) is 1.76.